The quantitative estimate of drug-likeness (QED) is 0.897. The first-order chi connectivity index (χ1) is 8.68. The lowest BCUT2D eigenvalue weighted by atomic mass is 9.82. The third-order valence-electron chi connectivity index (χ3n) is 3.71. The Morgan fingerprint density at radius 1 is 1.33 bits per heavy atom. The summed E-state index contributed by atoms with van der Waals surface area (Å²) in [5.41, 5.74) is 2.76. The molecule has 0 amide bonds. The van der Waals surface area contributed by atoms with Crippen molar-refractivity contribution in [1.82, 2.24) is 0 Å². The van der Waals surface area contributed by atoms with Gasteiger partial charge in [0.2, 0.25) is 0 Å². The Hall–Kier alpha value is -0.960. The highest BCUT2D eigenvalue weighted by Crippen LogP contribution is 2.40. The van der Waals surface area contributed by atoms with Crippen LogP contribution >= 0.6 is 11.8 Å². The van der Waals surface area contributed by atoms with Gasteiger partial charge in [0.25, 0.3) is 0 Å². The Morgan fingerprint density at radius 2 is 2.06 bits per heavy atom. The van der Waals surface area contributed by atoms with Crippen molar-refractivity contribution in [1.29, 1.82) is 0 Å². The number of carboxylic acid groups (broad SMARTS) is 1. The van der Waals surface area contributed by atoms with Crippen molar-refractivity contribution in [2.45, 2.75) is 43.8 Å². The summed E-state index contributed by atoms with van der Waals surface area (Å²) < 4.78 is 0. The minimum Gasteiger partial charge on any atom is -0.481 e. The van der Waals surface area contributed by atoms with Crippen LogP contribution in [0.3, 0.4) is 0 Å². The molecular weight excluding hydrogens is 244 g/mol. The highest BCUT2D eigenvalue weighted by molar-refractivity contribution is 8.00. The standard InChI is InChI=1S/C15H20O2S/c1-11-6-2-3-7-12(11)13-8-4-5-9-14(13)18-10-15(16)17/h2-3,6-7,13-14H,4-5,8-10H2,1H3,(H,16,17)/t13-,14-/m0/s1. The summed E-state index contributed by atoms with van der Waals surface area (Å²) in [4.78, 5) is 10.7. The van der Waals surface area contributed by atoms with Crippen molar-refractivity contribution in [3.63, 3.8) is 0 Å². The van der Waals surface area contributed by atoms with Gasteiger partial charge in [-0.2, -0.15) is 0 Å². The molecule has 0 aromatic heterocycles. The molecule has 1 saturated carbocycles. The average molecular weight is 264 g/mol. The molecule has 1 fully saturated rings. The van der Waals surface area contributed by atoms with Gasteiger partial charge in [-0.3, -0.25) is 4.79 Å². The number of thioether (sulfide) groups is 1. The molecular formula is C15H20O2S. The van der Waals surface area contributed by atoms with Gasteiger partial charge in [0, 0.05) is 5.25 Å². The summed E-state index contributed by atoms with van der Waals surface area (Å²) in [7, 11) is 0. The van der Waals surface area contributed by atoms with Gasteiger partial charge in [0.15, 0.2) is 0 Å². The van der Waals surface area contributed by atoms with Gasteiger partial charge < -0.3 is 5.11 Å². The summed E-state index contributed by atoms with van der Waals surface area (Å²) in [6.45, 7) is 2.16. The highest BCUT2D eigenvalue weighted by atomic mass is 32.2. The molecule has 98 valence electrons. The van der Waals surface area contributed by atoms with E-state index in [-0.39, 0.29) is 5.75 Å². The first-order valence-electron chi connectivity index (χ1n) is 6.57. The summed E-state index contributed by atoms with van der Waals surface area (Å²) in [6, 6.07) is 8.53. The van der Waals surface area contributed by atoms with E-state index in [1.807, 2.05) is 0 Å². The maximum Gasteiger partial charge on any atom is 0.313 e. The molecule has 1 aliphatic rings. The second-order valence-corrected chi connectivity index (χ2v) is 6.22. The number of benzene rings is 1. The normalized spacial score (nSPS) is 23.8. The molecule has 2 nitrogen and oxygen atoms in total. The Kier molecular flexibility index (Phi) is 4.70. The van der Waals surface area contributed by atoms with Gasteiger partial charge in [-0.15, -0.1) is 11.8 Å². The Morgan fingerprint density at radius 3 is 2.78 bits per heavy atom. The van der Waals surface area contributed by atoms with E-state index in [2.05, 4.69) is 31.2 Å². The fourth-order valence-electron chi connectivity index (χ4n) is 2.83. The number of carbonyl (C=O) groups is 1. The molecule has 0 radical (unpaired) electrons. The third kappa shape index (κ3) is 3.29. The van der Waals surface area contributed by atoms with Crippen molar-refractivity contribution in [3.8, 4) is 0 Å². The van der Waals surface area contributed by atoms with E-state index < -0.39 is 5.97 Å². The minimum atomic E-state index is -0.700. The Balaban J connectivity index is 2.12. The lowest BCUT2D eigenvalue weighted by molar-refractivity contribution is -0.133. The van der Waals surface area contributed by atoms with Crippen LogP contribution in [0.15, 0.2) is 24.3 Å². The van der Waals surface area contributed by atoms with Crippen LogP contribution in [0.2, 0.25) is 0 Å². The summed E-state index contributed by atoms with van der Waals surface area (Å²) >= 11 is 1.62. The van der Waals surface area contributed by atoms with Crippen LogP contribution in [0.25, 0.3) is 0 Å². The lowest BCUT2D eigenvalue weighted by Gasteiger charge is -2.32. The molecule has 1 N–H and O–H groups in total. The van der Waals surface area contributed by atoms with Crippen LogP contribution in [0.4, 0.5) is 0 Å². The minimum absolute atomic E-state index is 0.229. The van der Waals surface area contributed by atoms with E-state index in [1.54, 1.807) is 11.8 Å². The number of hydrogen-bond donors (Lipinski definition) is 1. The second kappa shape index (κ2) is 6.28. The summed E-state index contributed by atoms with van der Waals surface area (Å²) in [6.07, 6.45) is 4.85. The van der Waals surface area contributed by atoms with Gasteiger partial charge in [0.05, 0.1) is 5.75 Å². The van der Waals surface area contributed by atoms with E-state index in [0.717, 1.165) is 6.42 Å². The first-order valence-corrected chi connectivity index (χ1v) is 7.62. The van der Waals surface area contributed by atoms with Crippen LogP contribution in [0.5, 0.6) is 0 Å². The topological polar surface area (TPSA) is 37.3 Å². The predicted molar refractivity (Wildman–Crippen MR) is 76.3 cm³/mol. The maximum absolute atomic E-state index is 10.7. The van der Waals surface area contributed by atoms with Crippen molar-refractivity contribution >= 4 is 17.7 Å². The molecule has 0 bridgehead atoms. The zero-order valence-electron chi connectivity index (χ0n) is 10.8. The van der Waals surface area contributed by atoms with Crippen molar-refractivity contribution in [3.05, 3.63) is 35.4 Å². The fraction of sp³-hybridized carbons (Fsp3) is 0.533. The smallest absolute Gasteiger partial charge is 0.313 e. The molecule has 3 heteroatoms. The largest absolute Gasteiger partial charge is 0.481 e. The van der Waals surface area contributed by atoms with Gasteiger partial charge in [-0.1, -0.05) is 37.1 Å². The van der Waals surface area contributed by atoms with Crippen LogP contribution < -0.4 is 0 Å². The molecule has 18 heavy (non-hydrogen) atoms. The molecule has 2 atom stereocenters. The molecule has 1 aromatic carbocycles. The average Bonchev–Trinajstić information content (AvgIpc) is 2.37. The molecule has 1 aliphatic carbocycles. The zero-order chi connectivity index (χ0) is 13.0. The van der Waals surface area contributed by atoms with Crippen LogP contribution in [0.1, 0.15) is 42.7 Å². The van der Waals surface area contributed by atoms with E-state index in [1.165, 1.54) is 30.4 Å². The van der Waals surface area contributed by atoms with Crippen LogP contribution in [0, 0.1) is 6.92 Å². The Labute approximate surface area is 113 Å². The zero-order valence-corrected chi connectivity index (χ0v) is 11.6. The highest BCUT2D eigenvalue weighted by Gasteiger charge is 2.28. The van der Waals surface area contributed by atoms with Crippen molar-refractivity contribution in [2.75, 3.05) is 5.75 Å². The van der Waals surface area contributed by atoms with Gasteiger partial charge in [-0.25, -0.2) is 0 Å². The number of hydrogen-bond acceptors (Lipinski definition) is 2. The molecule has 0 unspecified atom stereocenters. The first kappa shape index (κ1) is 13.5. The third-order valence-corrected chi connectivity index (χ3v) is 5.12. The second-order valence-electron chi connectivity index (χ2n) is 4.99. The molecule has 0 aliphatic heterocycles. The molecule has 0 heterocycles. The molecule has 1 aromatic rings. The van der Waals surface area contributed by atoms with Crippen molar-refractivity contribution in [2.24, 2.45) is 0 Å². The van der Waals surface area contributed by atoms with Gasteiger partial charge in [0.1, 0.15) is 0 Å². The van der Waals surface area contributed by atoms with Crippen LogP contribution in [-0.4, -0.2) is 22.1 Å². The lowest BCUT2D eigenvalue weighted by Crippen LogP contribution is -2.22. The number of aliphatic carboxylic acids is 1. The Bertz CT molecular complexity index is 417. The number of aryl methyl sites for hydroxylation is 1. The fourth-order valence-corrected chi connectivity index (χ4v) is 4.04. The predicted octanol–water partition coefficient (Wildman–Crippen LogP) is 3.84. The number of rotatable bonds is 4. The molecule has 0 saturated heterocycles. The van der Waals surface area contributed by atoms with Gasteiger partial charge in [-0.05, 0) is 36.8 Å². The number of carboxylic acids is 1. The van der Waals surface area contributed by atoms with Crippen molar-refractivity contribution < 1.29 is 9.90 Å². The van der Waals surface area contributed by atoms with E-state index in [0.29, 0.717) is 11.2 Å². The van der Waals surface area contributed by atoms with E-state index >= 15 is 0 Å². The van der Waals surface area contributed by atoms with Crippen LogP contribution in [-0.2, 0) is 4.79 Å². The maximum atomic E-state index is 10.7. The SMILES string of the molecule is Cc1ccccc1[C@@H]1CCCC[C@@H]1SCC(=O)O. The summed E-state index contributed by atoms with van der Waals surface area (Å²) in [5, 5.41) is 9.30. The van der Waals surface area contributed by atoms with E-state index in [4.69, 9.17) is 5.11 Å². The molecule has 0 spiro atoms. The summed E-state index contributed by atoms with van der Waals surface area (Å²) in [5.74, 6) is 0.0611. The monoisotopic (exact) mass is 264 g/mol. The molecule has 2 rings (SSSR count). The van der Waals surface area contributed by atoms with E-state index in [9.17, 15) is 4.79 Å². The van der Waals surface area contributed by atoms with Gasteiger partial charge >= 0.3 is 5.97 Å².